The van der Waals surface area contributed by atoms with Crippen molar-refractivity contribution in [3.63, 3.8) is 0 Å². The quantitative estimate of drug-likeness (QED) is 0.441. The smallest absolute Gasteiger partial charge is 0.317 e. The van der Waals surface area contributed by atoms with Crippen LogP contribution in [0.4, 0.5) is 0 Å². The third-order valence-corrected chi connectivity index (χ3v) is 7.77. The molecule has 0 aromatic heterocycles. The Balaban J connectivity index is 2.25. The van der Waals surface area contributed by atoms with Crippen LogP contribution in [0.25, 0.3) is 0 Å². The normalized spacial score (nSPS) is 11.6. The molecule has 3 rings (SSSR count). The fourth-order valence-electron chi connectivity index (χ4n) is 3.08. The third kappa shape index (κ3) is 4.40. The van der Waals surface area contributed by atoms with E-state index in [1.807, 2.05) is 85.8 Å². The van der Waals surface area contributed by atoms with Crippen LogP contribution in [-0.4, -0.2) is 20.2 Å². The van der Waals surface area contributed by atoms with Crippen LogP contribution in [0, 0.1) is 0 Å². The van der Waals surface area contributed by atoms with Crippen LogP contribution in [0.15, 0.2) is 93.5 Å². The van der Waals surface area contributed by atoms with Gasteiger partial charge in [0.2, 0.25) is 0 Å². The van der Waals surface area contributed by atoms with Crippen LogP contribution in [0.1, 0.15) is 19.8 Å². The molecule has 0 heterocycles. The Morgan fingerprint density at radius 1 is 0.724 bits per heavy atom. The maximum Gasteiger partial charge on any atom is 0.317 e. The Hall–Kier alpha value is -2.92. The molecule has 152 valence electrons. The van der Waals surface area contributed by atoms with E-state index in [1.165, 1.54) is 0 Å². The zero-order valence-corrected chi connectivity index (χ0v) is 17.8. The van der Waals surface area contributed by atoms with E-state index < -0.39 is 10.3 Å². The topological polar surface area (TPSA) is 44.8 Å². The summed E-state index contributed by atoms with van der Waals surface area (Å²) in [6, 6.07) is 25.4. The highest BCUT2D eigenvalue weighted by Crippen LogP contribution is 2.69. The Bertz CT molecular complexity index is 874. The minimum Gasteiger partial charge on any atom is -0.497 e. The van der Waals surface area contributed by atoms with Gasteiger partial charge in [0.25, 0.3) is 0 Å². The molecule has 0 aliphatic carbocycles. The molecule has 3 aromatic rings. The van der Waals surface area contributed by atoms with Gasteiger partial charge in [0.15, 0.2) is 0 Å². The molecule has 0 aliphatic rings. The van der Waals surface area contributed by atoms with Crippen molar-refractivity contribution in [1.82, 2.24) is 0 Å². The largest absolute Gasteiger partial charge is 0.497 e. The third-order valence-electron chi connectivity index (χ3n) is 4.53. The maximum atomic E-state index is 12.8. The second-order valence-electron chi connectivity index (χ2n) is 6.43. The van der Waals surface area contributed by atoms with Gasteiger partial charge < -0.3 is 13.7 Å². The SMILES string of the molecule is CCCC(=O)OS(c1ccccc1)(c1ccc(OC)cc1)c1ccc(OC)cc1. The van der Waals surface area contributed by atoms with E-state index in [0.29, 0.717) is 6.42 Å². The molecule has 0 unspecified atom stereocenters. The molecule has 0 saturated carbocycles. The molecule has 0 aliphatic heterocycles. The van der Waals surface area contributed by atoms with Gasteiger partial charge in [-0.2, -0.15) is 0 Å². The highest BCUT2D eigenvalue weighted by Gasteiger charge is 2.35. The van der Waals surface area contributed by atoms with E-state index in [1.54, 1.807) is 14.2 Å². The van der Waals surface area contributed by atoms with Crippen molar-refractivity contribution in [1.29, 1.82) is 0 Å². The molecule has 5 heteroatoms. The van der Waals surface area contributed by atoms with Crippen molar-refractivity contribution < 1.29 is 18.5 Å². The highest BCUT2D eigenvalue weighted by molar-refractivity contribution is 8.30. The van der Waals surface area contributed by atoms with Crippen molar-refractivity contribution in [3.8, 4) is 11.5 Å². The molecule has 4 nitrogen and oxygen atoms in total. The predicted octanol–water partition coefficient (Wildman–Crippen LogP) is 6.24. The van der Waals surface area contributed by atoms with Crippen molar-refractivity contribution in [3.05, 3.63) is 78.9 Å². The monoisotopic (exact) mass is 410 g/mol. The number of ether oxygens (including phenoxy) is 2. The molecule has 3 aromatic carbocycles. The summed E-state index contributed by atoms with van der Waals surface area (Å²) in [7, 11) is 1.01. The highest BCUT2D eigenvalue weighted by atomic mass is 32.3. The summed E-state index contributed by atoms with van der Waals surface area (Å²) >= 11 is 0. The average Bonchev–Trinajstić information content (AvgIpc) is 2.78. The molecule has 0 radical (unpaired) electrons. The molecule has 0 amide bonds. The van der Waals surface area contributed by atoms with Gasteiger partial charge in [-0.25, -0.2) is 0 Å². The number of hydrogen-bond acceptors (Lipinski definition) is 4. The lowest BCUT2D eigenvalue weighted by Crippen LogP contribution is -2.13. The molecule has 0 N–H and O–H groups in total. The fourth-order valence-corrected chi connectivity index (χ4v) is 6.13. The summed E-state index contributed by atoms with van der Waals surface area (Å²) in [6.45, 7) is 1.97. The summed E-state index contributed by atoms with van der Waals surface area (Å²) in [4.78, 5) is 15.6. The average molecular weight is 411 g/mol. The summed E-state index contributed by atoms with van der Waals surface area (Å²) < 4.78 is 17.0. The molecule has 0 spiro atoms. The van der Waals surface area contributed by atoms with Crippen molar-refractivity contribution in [2.45, 2.75) is 34.5 Å². The van der Waals surface area contributed by atoms with E-state index in [0.717, 1.165) is 32.6 Å². The standard InChI is InChI=1S/C24H26O4S/c1-4-8-24(25)28-29(21-9-6-5-7-10-21,22-15-11-19(26-2)12-16-22)23-17-13-20(27-3)14-18-23/h5-7,9-18H,4,8H2,1-3H3. The number of hydrogen-bond donors (Lipinski definition) is 0. The van der Waals surface area contributed by atoms with Gasteiger partial charge in [-0.05, 0) is 77.4 Å². The van der Waals surface area contributed by atoms with Gasteiger partial charge in [0, 0.05) is 21.1 Å². The van der Waals surface area contributed by atoms with Gasteiger partial charge in [-0.1, -0.05) is 25.1 Å². The minimum absolute atomic E-state index is 0.210. The molecule has 0 fully saturated rings. The van der Waals surface area contributed by atoms with Crippen molar-refractivity contribution in [2.75, 3.05) is 14.2 Å². The molecule has 0 bridgehead atoms. The van der Waals surface area contributed by atoms with E-state index >= 15 is 0 Å². The Morgan fingerprint density at radius 3 is 1.59 bits per heavy atom. The number of rotatable bonds is 8. The van der Waals surface area contributed by atoms with Gasteiger partial charge in [-0.15, -0.1) is 0 Å². The van der Waals surface area contributed by atoms with Crippen LogP contribution in [0.5, 0.6) is 11.5 Å². The Kier molecular flexibility index (Phi) is 6.83. The van der Waals surface area contributed by atoms with E-state index in [-0.39, 0.29) is 5.97 Å². The first-order chi connectivity index (χ1) is 14.1. The van der Waals surface area contributed by atoms with Gasteiger partial charge in [-0.3, -0.25) is 4.79 Å². The summed E-state index contributed by atoms with van der Waals surface area (Å²) in [5.41, 5.74) is 0. The van der Waals surface area contributed by atoms with Gasteiger partial charge >= 0.3 is 5.97 Å². The summed E-state index contributed by atoms with van der Waals surface area (Å²) in [5.74, 6) is 1.30. The zero-order chi connectivity index (χ0) is 20.7. The number of carbonyl (C=O) groups is 1. The molecule has 29 heavy (non-hydrogen) atoms. The van der Waals surface area contributed by atoms with Crippen LogP contribution < -0.4 is 9.47 Å². The van der Waals surface area contributed by atoms with E-state index in [9.17, 15) is 4.79 Å². The predicted molar refractivity (Wildman–Crippen MR) is 116 cm³/mol. The molecule has 0 atom stereocenters. The molecular formula is C24H26O4S. The van der Waals surface area contributed by atoms with Crippen LogP contribution in [0.3, 0.4) is 0 Å². The Labute approximate surface area is 174 Å². The van der Waals surface area contributed by atoms with Crippen molar-refractivity contribution >= 4 is 16.3 Å². The lowest BCUT2D eigenvalue weighted by molar-refractivity contribution is -0.133. The molecule has 0 saturated heterocycles. The van der Waals surface area contributed by atoms with Crippen LogP contribution >= 0.6 is 10.3 Å². The zero-order valence-electron chi connectivity index (χ0n) is 17.0. The van der Waals surface area contributed by atoms with E-state index in [4.69, 9.17) is 13.7 Å². The number of methoxy groups -OCH3 is 2. The number of carbonyl (C=O) groups excluding carboxylic acids is 1. The van der Waals surface area contributed by atoms with Crippen molar-refractivity contribution in [2.24, 2.45) is 0 Å². The lowest BCUT2D eigenvalue weighted by atomic mass is 10.3. The Morgan fingerprint density at radius 2 is 1.17 bits per heavy atom. The first-order valence-corrected chi connectivity index (χ1v) is 11.1. The number of benzene rings is 3. The fraction of sp³-hybridized carbons (Fsp3) is 0.208. The minimum atomic E-state index is -2.26. The second-order valence-corrected chi connectivity index (χ2v) is 9.12. The first kappa shape index (κ1) is 20.8. The summed E-state index contributed by atoms with van der Waals surface area (Å²) in [5, 5.41) is 0. The lowest BCUT2D eigenvalue weighted by Gasteiger charge is -2.39. The second kappa shape index (κ2) is 9.52. The van der Waals surface area contributed by atoms with Gasteiger partial charge in [0.05, 0.1) is 14.2 Å². The summed E-state index contributed by atoms with van der Waals surface area (Å²) in [6.07, 6.45) is 1.10. The molecular weight excluding hydrogens is 384 g/mol. The van der Waals surface area contributed by atoms with Gasteiger partial charge in [0.1, 0.15) is 11.5 Å². The first-order valence-electron chi connectivity index (χ1n) is 9.53. The van der Waals surface area contributed by atoms with E-state index in [2.05, 4.69) is 0 Å². The maximum absolute atomic E-state index is 12.8. The van der Waals surface area contributed by atoms with Crippen LogP contribution in [0.2, 0.25) is 0 Å². The van der Waals surface area contributed by atoms with Crippen LogP contribution in [-0.2, 0) is 8.98 Å².